The fourth-order valence-electron chi connectivity index (χ4n) is 0.709. The molecular weight excluding hydrogens is 130 g/mol. The average Bonchev–Trinajstić information content (AvgIpc) is 2.13. The Hall–Kier alpha value is -0.630. The first-order valence-electron chi connectivity index (χ1n) is 2.79. The van der Waals surface area contributed by atoms with E-state index < -0.39 is 0 Å². The molecule has 1 aromatic heterocycles. The number of aromatic nitrogens is 1. The molecule has 1 nitrogen and oxygen atoms in total. The van der Waals surface area contributed by atoms with E-state index in [1.807, 2.05) is 13.1 Å². The van der Waals surface area contributed by atoms with Crippen LogP contribution < -0.4 is 0 Å². The molecule has 0 aliphatic rings. The summed E-state index contributed by atoms with van der Waals surface area (Å²) < 4.78 is 4.02. The first kappa shape index (κ1) is 6.49. The van der Waals surface area contributed by atoms with Crippen molar-refractivity contribution in [1.82, 2.24) is 4.37 Å². The average molecular weight is 139 g/mol. The fraction of sp³-hybridized carbons (Fsp3) is 0.286. The van der Waals surface area contributed by atoms with Crippen LogP contribution in [0.4, 0.5) is 0 Å². The highest BCUT2D eigenvalue weighted by atomic mass is 32.1. The second-order valence-corrected chi connectivity index (χ2v) is 3.08. The van der Waals surface area contributed by atoms with Gasteiger partial charge in [-0.25, -0.2) is 4.37 Å². The van der Waals surface area contributed by atoms with Crippen LogP contribution in [0.25, 0.3) is 5.57 Å². The molecule has 0 atom stereocenters. The standard InChI is InChI=1S/C7H9NS/c1-5(2)7-4-8-9-6(7)3/h4H,1H2,2-3H3. The zero-order chi connectivity index (χ0) is 6.85. The maximum atomic E-state index is 4.02. The largest absolute Gasteiger partial charge is 0.200 e. The summed E-state index contributed by atoms with van der Waals surface area (Å²) in [5.41, 5.74) is 2.29. The monoisotopic (exact) mass is 139 g/mol. The molecule has 0 fully saturated rings. The van der Waals surface area contributed by atoms with Gasteiger partial charge < -0.3 is 0 Å². The molecule has 48 valence electrons. The number of hydrogen-bond donors (Lipinski definition) is 0. The van der Waals surface area contributed by atoms with Crippen LogP contribution in [0.1, 0.15) is 17.4 Å². The van der Waals surface area contributed by atoms with Crippen LogP contribution in [0, 0.1) is 6.92 Å². The molecule has 0 aliphatic carbocycles. The minimum atomic E-state index is 1.10. The number of allylic oxidation sites excluding steroid dienone is 1. The van der Waals surface area contributed by atoms with Crippen molar-refractivity contribution in [3.05, 3.63) is 23.2 Å². The third-order valence-electron chi connectivity index (χ3n) is 1.21. The predicted molar refractivity (Wildman–Crippen MR) is 41.6 cm³/mol. The van der Waals surface area contributed by atoms with Crippen molar-refractivity contribution in [3.63, 3.8) is 0 Å². The minimum absolute atomic E-state index is 1.10. The summed E-state index contributed by atoms with van der Waals surface area (Å²) in [5, 5.41) is 0. The summed E-state index contributed by atoms with van der Waals surface area (Å²) in [5.74, 6) is 0. The molecule has 0 aliphatic heterocycles. The zero-order valence-corrected chi connectivity index (χ0v) is 6.46. The second-order valence-electron chi connectivity index (χ2n) is 2.08. The summed E-state index contributed by atoms with van der Waals surface area (Å²) in [6, 6.07) is 0. The van der Waals surface area contributed by atoms with Crippen LogP contribution in [0.15, 0.2) is 12.8 Å². The molecule has 0 N–H and O–H groups in total. The Balaban J connectivity index is 3.08. The van der Waals surface area contributed by atoms with Gasteiger partial charge in [-0.2, -0.15) is 0 Å². The molecule has 0 bridgehead atoms. The van der Waals surface area contributed by atoms with Gasteiger partial charge in [0.05, 0.1) is 0 Å². The van der Waals surface area contributed by atoms with Crippen LogP contribution in [0.2, 0.25) is 0 Å². The van der Waals surface area contributed by atoms with Gasteiger partial charge in [0.1, 0.15) is 0 Å². The highest BCUT2D eigenvalue weighted by molar-refractivity contribution is 7.05. The minimum Gasteiger partial charge on any atom is -0.200 e. The van der Waals surface area contributed by atoms with Crippen LogP contribution in [-0.2, 0) is 0 Å². The third kappa shape index (κ3) is 1.19. The first-order valence-corrected chi connectivity index (χ1v) is 3.56. The first-order chi connectivity index (χ1) is 4.22. The van der Waals surface area contributed by atoms with E-state index in [9.17, 15) is 0 Å². The molecule has 1 rings (SSSR count). The van der Waals surface area contributed by atoms with Crippen molar-refractivity contribution in [2.75, 3.05) is 0 Å². The molecule has 0 amide bonds. The molecule has 0 saturated carbocycles. The maximum absolute atomic E-state index is 4.02. The Morgan fingerprint density at radius 2 is 2.44 bits per heavy atom. The highest BCUT2D eigenvalue weighted by Crippen LogP contribution is 2.18. The van der Waals surface area contributed by atoms with E-state index in [4.69, 9.17) is 0 Å². The molecular formula is C7H9NS. The number of aryl methyl sites for hydroxylation is 1. The highest BCUT2D eigenvalue weighted by Gasteiger charge is 1.98. The van der Waals surface area contributed by atoms with Gasteiger partial charge in [0.2, 0.25) is 0 Å². The van der Waals surface area contributed by atoms with Crippen molar-refractivity contribution >= 4 is 17.1 Å². The van der Waals surface area contributed by atoms with Gasteiger partial charge >= 0.3 is 0 Å². The van der Waals surface area contributed by atoms with E-state index in [0.29, 0.717) is 0 Å². The van der Waals surface area contributed by atoms with Crippen LogP contribution in [0.5, 0.6) is 0 Å². The second kappa shape index (κ2) is 2.31. The van der Waals surface area contributed by atoms with Crippen molar-refractivity contribution in [3.8, 4) is 0 Å². The summed E-state index contributed by atoms with van der Waals surface area (Å²) in [6.45, 7) is 7.88. The molecule has 2 heteroatoms. The lowest BCUT2D eigenvalue weighted by Crippen LogP contribution is -1.73. The Morgan fingerprint density at radius 1 is 1.78 bits per heavy atom. The lowest BCUT2D eigenvalue weighted by Gasteiger charge is -1.91. The van der Waals surface area contributed by atoms with Crippen molar-refractivity contribution in [2.24, 2.45) is 0 Å². The maximum Gasteiger partial charge on any atom is 0.0484 e. The number of nitrogens with zero attached hydrogens (tertiary/aromatic N) is 1. The van der Waals surface area contributed by atoms with E-state index in [2.05, 4.69) is 17.9 Å². The van der Waals surface area contributed by atoms with Crippen LogP contribution in [-0.4, -0.2) is 4.37 Å². The smallest absolute Gasteiger partial charge is 0.0484 e. The molecule has 1 heterocycles. The van der Waals surface area contributed by atoms with E-state index in [1.165, 1.54) is 22.0 Å². The summed E-state index contributed by atoms with van der Waals surface area (Å²) in [6.07, 6.45) is 1.86. The van der Waals surface area contributed by atoms with Gasteiger partial charge in [-0.1, -0.05) is 6.58 Å². The Bertz CT molecular complexity index is 225. The molecule has 9 heavy (non-hydrogen) atoms. The molecule has 0 spiro atoms. The molecule has 0 saturated heterocycles. The van der Waals surface area contributed by atoms with E-state index in [-0.39, 0.29) is 0 Å². The predicted octanol–water partition coefficient (Wildman–Crippen LogP) is 2.48. The summed E-state index contributed by atoms with van der Waals surface area (Å²) in [4.78, 5) is 1.25. The van der Waals surface area contributed by atoms with Gasteiger partial charge in [0, 0.05) is 16.6 Å². The quantitative estimate of drug-likeness (QED) is 0.582. The normalized spacial score (nSPS) is 9.56. The lowest BCUT2D eigenvalue weighted by molar-refractivity contribution is 1.49. The lowest BCUT2D eigenvalue weighted by atomic mass is 10.2. The van der Waals surface area contributed by atoms with Crippen molar-refractivity contribution in [1.29, 1.82) is 0 Å². The Labute approximate surface area is 59.2 Å². The SMILES string of the molecule is C=C(C)c1cnsc1C. The Morgan fingerprint density at radius 3 is 2.67 bits per heavy atom. The number of rotatable bonds is 1. The van der Waals surface area contributed by atoms with E-state index >= 15 is 0 Å². The molecule has 1 aromatic rings. The molecule has 0 radical (unpaired) electrons. The fourth-order valence-corrected chi connectivity index (χ4v) is 1.35. The molecule has 0 aromatic carbocycles. The Kier molecular flexibility index (Phi) is 1.67. The van der Waals surface area contributed by atoms with Crippen molar-refractivity contribution in [2.45, 2.75) is 13.8 Å². The summed E-state index contributed by atoms with van der Waals surface area (Å²) in [7, 11) is 0. The third-order valence-corrected chi connectivity index (χ3v) is 1.92. The van der Waals surface area contributed by atoms with Crippen LogP contribution >= 0.6 is 11.5 Å². The van der Waals surface area contributed by atoms with E-state index in [0.717, 1.165) is 5.57 Å². The van der Waals surface area contributed by atoms with Gasteiger partial charge in [0.25, 0.3) is 0 Å². The zero-order valence-electron chi connectivity index (χ0n) is 5.64. The van der Waals surface area contributed by atoms with Crippen LogP contribution in [0.3, 0.4) is 0 Å². The van der Waals surface area contributed by atoms with E-state index in [1.54, 1.807) is 0 Å². The summed E-state index contributed by atoms with van der Waals surface area (Å²) >= 11 is 1.52. The van der Waals surface area contributed by atoms with Gasteiger partial charge in [0.15, 0.2) is 0 Å². The number of hydrogen-bond acceptors (Lipinski definition) is 2. The topological polar surface area (TPSA) is 12.9 Å². The van der Waals surface area contributed by atoms with Gasteiger partial charge in [-0.3, -0.25) is 0 Å². The van der Waals surface area contributed by atoms with Gasteiger partial charge in [-0.15, -0.1) is 0 Å². The molecule has 0 unspecified atom stereocenters. The van der Waals surface area contributed by atoms with Gasteiger partial charge in [-0.05, 0) is 31.0 Å². The van der Waals surface area contributed by atoms with Crippen molar-refractivity contribution < 1.29 is 0 Å².